The molecule has 0 aromatic heterocycles. The molecule has 0 aliphatic heterocycles. The summed E-state index contributed by atoms with van der Waals surface area (Å²) in [6.45, 7) is 0.163. The van der Waals surface area contributed by atoms with E-state index in [-0.39, 0.29) is 6.61 Å². The fraction of sp³-hybridized carbons (Fsp3) is 0.500. The van der Waals surface area contributed by atoms with Crippen LogP contribution in [0.1, 0.15) is 30.9 Å². The summed E-state index contributed by atoms with van der Waals surface area (Å²) >= 11 is 5.96. The lowest BCUT2D eigenvalue weighted by Gasteiger charge is -2.12. The van der Waals surface area contributed by atoms with Crippen molar-refractivity contribution in [3.05, 3.63) is 28.8 Å². The van der Waals surface area contributed by atoms with E-state index in [1.54, 1.807) is 25.3 Å². The van der Waals surface area contributed by atoms with Crippen molar-refractivity contribution >= 4 is 11.6 Å². The molecule has 0 spiro atoms. The van der Waals surface area contributed by atoms with Gasteiger partial charge >= 0.3 is 0 Å². The first-order valence-electron chi connectivity index (χ1n) is 5.31. The van der Waals surface area contributed by atoms with Crippen molar-refractivity contribution in [2.45, 2.75) is 25.4 Å². The van der Waals surface area contributed by atoms with E-state index in [0.29, 0.717) is 23.6 Å². The lowest BCUT2D eigenvalue weighted by molar-refractivity contribution is 0.159. The van der Waals surface area contributed by atoms with Crippen molar-refractivity contribution in [1.29, 1.82) is 0 Å². The molecule has 0 saturated carbocycles. The highest BCUT2D eigenvalue weighted by Gasteiger charge is 2.09. The lowest BCUT2D eigenvalue weighted by atomic mass is 10.0. The van der Waals surface area contributed by atoms with Gasteiger partial charge in [-0.15, -0.1) is 0 Å². The summed E-state index contributed by atoms with van der Waals surface area (Å²) in [5.41, 5.74) is 0.781. The molecule has 3 nitrogen and oxygen atoms in total. The highest BCUT2D eigenvalue weighted by atomic mass is 35.5. The van der Waals surface area contributed by atoms with Crippen molar-refractivity contribution in [3.8, 4) is 5.75 Å². The first-order chi connectivity index (χ1) is 7.69. The number of aliphatic hydroxyl groups is 2. The van der Waals surface area contributed by atoms with Crippen LogP contribution in [0.15, 0.2) is 18.2 Å². The first kappa shape index (κ1) is 13.3. The zero-order valence-electron chi connectivity index (χ0n) is 9.32. The van der Waals surface area contributed by atoms with Crippen molar-refractivity contribution in [3.63, 3.8) is 0 Å². The van der Waals surface area contributed by atoms with Gasteiger partial charge in [0.1, 0.15) is 5.75 Å². The fourth-order valence-electron chi connectivity index (χ4n) is 1.51. The summed E-state index contributed by atoms with van der Waals surface area (Å²) in [5, 5.41) is 19.0. The number of ether oxygens (including phenoxy) is 1. The molecule has 90 valence electrons. The van der Waals surface area contributed by atoms with Crippen LogP contribution >= 0.6 is 11.6 Å². The maximum atomic E-state index is 9.85. The molecule has 4 heteroatoms. The SMILES string of the molecule is COc1ccc(C(O)CCCCO)cc1Cl. The molecule has 0 bridgehead atoms. The van der Waals surface area contributed by atoms with Gasteiger partial charge in [0.2, 0.25) is 0 Å². The Morgan fingerprint density at radius 3 is 2.69 bits per heavy atom. The molecule has 1 rings (SSSR count). The van der Waals surface area contributed by atoms with E-state index < -0.39 is 6.10 Å². The molecule has 1 aromatic carbocycles. The zero-order chi connectivity index (χ0) is 12.0. The quantitative estimate of drug-likeness (QED) is 0.756. The van der Waals surface area contributed by atoms with Crippen LogP contribution in [0.2, 0.25) is 5.02 Å². The number of methoxy groups -OCH3 is 1. The van der Waals surface area contributed by atoms with Gasteiger partial charge in [-0.1, -0.05) is 17.7 Å². The van der Waals surface area contributed by atoms with Crippen molar-refractivity contribution in [2.75, 3.05) is 13.7 Å². The van der Waals surface area contributed by atoms with Crippen molar-refractivity contribution < 1.29 is 14.9 Å². The van der Waals surface area contributed by atoms with E-state index in [4.69, 9.17) is 21.4 Å². The Hall–Kier alpha value is -0.770. The summed E-state index contributed by atoms with van der Waals surface area (Å²) in [5.74, 6) is 0.605. The molecule has 0 fully saturated rings. The molecule has 1 unspecified atom stereocenters. The monoisotopic (exact) mass is 244 g/mol. The third-order valence-electron chi connectivity index (χ3n) is 2.45. The number of hydrogen-bond donors (Lipinski definition) is 2. The van der Waals surface area contributed by atoms with Gasteiger partial charge in [0.25, 0.3) is 0 Å². The first-order valence-corrected chi connectivity index (χ1v) is 5.69. The van der Waals surface area contributed by atoms with Crippen LogP contribution in [0.4, 0.5) is 0 Å². The highest BCUT2D eigenvalue weighted by molar-refractivity contribution is 6.32. The Labute approximate surface area is 101 Å². The predicted molar refractivity (Wildman–Crippen MR) is 63.9 cm³/mol. The van der Waals surface area contributed by atoms with E-state index in [9.17, 15) is 5.11 Å². The van der Waals surface area contributed by atoms with Crippen LogP contribution in [0.25, 0.3) is 0 Å². The molecule has 16 heavy (non-hydrogen) atoms. The lowest BCUT2D eigenvalue weighted by Crippen LogP contribution is -1.98. The van der Waals surface area contributed by atoms with E-state index in [1.807, 2.05) is 0 Å². The van der Waals surface area contributed by atoms with Gasteiger partial charge in [-0.05, 0) is 37.0 Å². The molecule has 1 atom stereocenters. The molecule has 0 saturated heterocycles. The van der Waals surface area contributed by atoms with Crippen molar-refractivity contribution in [2.24, 2.45) is 0 Å². The third-order valence-corrected chi connectivity index (χ3v) is 2.74. The Morgan fingerprint density at radius 2 is 2.12 bits per heavy atom. The number of halogens is 1. The largest absolute Gasteiger partial charge is 0.495 e. The van der Waals surface area contributed by atoms with Gasteiger partial charge < -0.3 is 14.9 Å². The molecule has 0 aliphatic rings. The van der Waals surface area contributed by atoms with Crippen molar-refractivity contribution in [1.82, 2.24) is 0 Å². The Balaban J connectivity index is 2.62. The maximum Gasteiger partial charge on any atom is 0.137 e. The van der Waals surface area contributed by atoms with E-state index >= 15 is 0 Å². The Morgan fingerprint density at radius 1 is 1.38 bits per heavy atom. The Bertz CT molecular complexity index is 328. The van der Waals surface area contributed by atoms with Crippen LogP contribution in [0.3, 0.4) is 0 Å². The standard InChI is InChI=1S/C12H17ClO3/c1-16-12-6-5-9(8-10(12)13)11(15)4-2-3-7-14/h5-6,8,11,14-15H,2-4,7H2,1H3. The van der Waals surface area contributed by atoms with E-state index in [0.717, 1.165) is 12.0 Å². The molecule has 0 heterocycles. The van der Waals surface area contributed by atoms with E-state index in [1.165, 1.54) is 0 Å². The number of rotatable bonds is 6. The number of hydrogen-bond acceptors (Lipinski definition) is 3. The summed E-state index contributed by atoms with van der Waals surface area (Å²) in [6.07, 6.45) is 1.60. The maximum absolute atomic E-state index is 9.85. The van der Waals surface area contributed by atoms with Gasteiger partial charge in [-0.25, -0.2) is 0 Å². The second-order valence-corrected chi connectivity index (χ2v) is 4.04. The molecule has 0 aliphatic carbocycles. The van der Waals surface area contributed by atoms with Crippen LogP contribution in [-0.4, -0.2) is 23.9 Å². The molecule has 0 amide bonds. The average molecular weight is 245 g/mol. The zero-order valence-corrected chi connectivity index (χ0v) is 10.1. The predicted octanol–water partition coefficient (Wildman–Crippen LogP) is 2.54. The fourth-order valence-corrected chi connectivity index (χ4v) is 1.77. The minimum Gasteiger partial charge on any atom is -0.495 e. The molecule has 1 aromatic rings. The molecule has 2 N–H and O–H groups in total. The second kappa shape index (κ2) is 6.74. The van der Waals surface area contributed by atoms with Crippen LogP contribution in [-0.2, 0) is 0 Å². The van der Waals surface area contributed by atoms with Gasteiger partial charge in [0.15, 0.2) is 0 Å². The highest BCUT2D eigenvalue weighted by Crippen LogP contribution is 2.29. The Kier molecular flexibility index (Phi) is 5.60. The van der Waals surface area contributed by atoms with Crippen LogP contribution in [0, 0.1) is 0 Å². The number of aliphatic hydroxyl groups excluding tert-OH is 2. The summed E-state index contributed by atoms with van der Waals surface area (Å²) in [4.78, 5) is 0. The van der Waals surface area contributed by atoms with Crippen LogP contribution in [0.5, 0.6) is 5.75 Å². The summed E-state index contributed by atoms with van der Waals surface area (Å²) < 4.78 is 5.03. The average Bonchev–Trinajstić information content (AvgIpc) is 2.29. The minimum absolute atomic E-state index is 0.163. The van der Waals surface area contributed by atoms with Gasteiger partial charge in [0.05, 0.1) is 18.2 Å². The van der Waals surface area contributed by atoms with Crippen LogP contribution < -0.4 is 4.74 Å². The van der Waals surface area contributed by atoms with Gasteiger partial charge in [-0.2, -0.15) is 0 Å². The number of benzene rings is 1. The molecule has 0 radical (unpaired) electrons. The molecular weight excluding hydrogens is 228 g/mol. The number of unbranched alkanes of at least 4 members (excludes halogenated alkanes) is 1. The van der Waals surface area contributed by atoms with E-state index in [2.05, 4.69) is 0 Å². The summed E-state index contributed by atoms with van der Waals surface area (Å²) in [7, 11) is 1.55. The molecular formula is C12H17ClO3. The topological polar surface area (TPSA) is 49.7 Å². The third kappa shape index (κ3) is 3.67. The minimum atomic E-state index is -0.532. The van der Waals surface area contributed by atoms with Gasteiger partial charge in [-0.3, -0.25) is 0 Å². The van der Waals surface area contributed by atoms with Gasteiger partial charge in [0, 0.05) is 6.61 Å². The normalized spacial score (nSPS) is 12.5. The second-order valence-electron chi connectivity index (χ2n) is 3.63. The summed E-state index contributed by atoms with van der Waals surface area (Å²) in [6, 6.07) is 5.26. The smallest absolute Gasteiger partial charge is 0.137 e.